The topological polar surface area (TPSA) is 63.3 Å². The summed E-state index contributed by atoms with van der Waals surface area (Å²) in [5, 5.41) is 8.44. The summed E-state index contributed by atoms with van der Waals surface area (Å²) in [5.41, 5.74) is 1.98. The molecular formula is C6H13NO2. The standard InChI is InChI=1S/C6H13NO2/c1-4(2)3-5(7)6(8)9/h4-5H,3,7H2,1-2H3,(H,8,9)/i/hT. The molecule has 0 amide bonds. The van der Waals surface area contributed by atoms with Crippen molar-refractivity contribution in [2.24, 2.45) is 11.6 Å². The lowest BCUT2D eigenvalue weighted by atomic mass is 10.1. The summed E-state index contributed by atoms with van der Waals surface area (Å²) in [5.74, 6) is -0.650. The van der Waals surface area contributed by atoms with Gasteiger partial charge in [0.25, 0.3) is 0 Å². The van der Waals surface area contributed by atoms with E-state index in [-0.39, 0.29) is 0 Å². The molecule has 0 aromatic carbocycles. The van der Waals surface area contributed by atoms with Gasteiger partial charge in [-0.15, -0.1) is 0 Å². The average molecular weight is 133 g/mol. The first-order valence-electron chi connectivity index (χ1n) is 3.48. The van der Waals surface area contributed by atoms with Crippen LogP contribution < -0.4 is 5.73 Å². The first-order chi connectivity index (χ1) is 4.57. The molecule has 0 radical (unpaired) electrons. The first-order valence-corrected chi connectivity index (χ1v) is 2.98. The summed E-state index contributed by atoms with van der Waals surface area (Å²) >= 11 is 0. The van der Waals surface area contributed by atoms with Crippen LogP contribution >= 0.6 is 0 Å². The van der Waals surface area contributed by atoms with E-state index in [0.717, 1.165) is 0 Å². The molecule has 1 unspecified atom stereocenters. The molecular weight excluding hydrogens is 118 g/mol. The zero-order valence-corrected chi connectivity index (χ0v) is 5.72. The van der Waals surface area contributed by atoms with Crippen molar-refractivity contribution in [1.29, 1.82) is 0 Å². The van der Waals surface area contributed by atoms with E-state index in [2.05, 4.69) is 0 Å². The molecule has 0 bridgehead atoms. The maximum absolute atomic E-state index is 10.3. The van der Waals surface area contributed by atoms with Gasteiger partial charge in [-0.05, 0) is 12.3 Å². The molecule has 54 valence electrons. The number of aliphatic carboxylic acids is 1. The highest BCUT2D eigenvalue weighted by atomic mass is 16.4. The van der Waals surface area contributed by atoms with Crippen LogP contribution in [0, 0.1) is 5.92 Å². The van der Waals surface area contributed by atoms with Crippen molar-refractivity contribution >= 4 is 5.97 Å². The number of rotatable bonds is 4. The Morgan fingerprint density at radius 1 is 1.89 bits per heavy atom. The van der Waals surface area contributed by atoms with Crippen LogP contribution in [0.25, 0.3) is 0 Å². The second-order valence-corrected chi connectivity index (χ2v) is 2.52. The van der Waals surface area contributed by atoms with Gasteiger partial charge >= 0.3 is 5.97 Å². The molecule has 0 aromatic heterocycles. The molecule has 1 atom stereocenters. The van der Waals surface area contributed by atoms with Crippen molar-refractivity contribution in [2.45, 2.75) is 26.3 Å². The number of carboxylic acid groups (broad SMARTS) is 1. The smallest absolute Gasteiger partial charge is 0.320 e. The quantitative estimate of drug-likeness (QED) is 0.585. The first kappa shape index (κ1) is 6.55. The fraction of sp³-hybridized carbons (Fsp3) is 0.833. The molecule has 0 aromatic rings. The number of hydrogen-bond acceptors (Lipinski definition) is 2. The van der Waals surface area contributed by atoms with Crippen LogP contribution in [0.1, 0.15) is 20.3 Å². The minimum atomic E-state index is -0.955. The van der Waals surface area contributed by atoms with Gasteiger partial charge in [-0.2, -0.15) is 0 Å². The Kier molecular flexibility index (Phi) is 2.51. The molecule has 3 N–H and O–H groups in total. The van der Waals surface area contributed by atoms with E-state index in [0.29, 0.717) is 12.3 Å². The van der Waals surface area contributed by atoms with E-state index in [1.54, 1.807) is 0 Å². The molecule has 0 saturated carbocycles. The Hall–Kier alpha value is -0.570. The van der Waals surface area contributed by atoms with Crippen LogP contribution in [0.4, 0.5) is 0 Å². The summed E-state index contributed by atoms with van der Waals surface area (Å²) in [7, 11) is 0. The highest BCUT2D eigenvalue weighted by Gasteiger charge is 2.11. The second-order valence-electron chi connectivity index (χ2n) is 2.52. The molecule has 3 nitrogen and oxygen atoms in total. The van der Waals surface area contributed by atoms with Crippen molar-refractivity contribution in [2.75, 3.05) is 0 Å². The van der Waals surface area contributed by atoms with E-state index in [1.807, 2.05) is 19.6 Å². The van der Waals surface area contributed by atoms with Crippen molar-refractivity contribution in [3.05, 3.63) is 0 Å². The molecule has 0 fully saturated rings. The van der Waals surface area contributed by atoms with Crippen molar-refractivity contribution in [3.63, 3.8) is 0 Å². The van der Waals surface area contributed by atoms with Gasteiger partial charge in [0.1, 0.15) is 7.45 Å². The summed E-state index contributed by atoms with van der Waals surface area (Å²) in [4.78, 5) is 10.3. The number of carboxylic acids is 1. The van der Waals surface area contributed by atoms with Crippen LogP contribution in [-0.2, 0) is 4.79 Å². The Morgan fingerprint density at radius 2 is 2.44 bits per heavy atom. The van der Waals surface area contributed by atoms with E-state index >= 15 is 0 Å². The Labute approximate surface area is 56.3 Å². The van der Waals surface area contributed by atoms with E-state index in [9.17, 15) is 4.79 Å². The average Bonchev–Trinajstić information content (AvgIpc) is 1.81. The lowest BCUT2D eigenvalue weighted by Gasteiger charge is -2.07. The molecule has 0 aliphatic carbocycles. The van der Waals surface area contributed by atoms with Crippen LogP contribution in [0.3, 0.4) is 0 Å². The molecule has 0 saturated heterocycles. The molecule has 0 aliphatic heterocycles. The monoisotopic (exact) mass is 133 g/mol. The Balaban J connectivity index is 3.72. The minimum absolute atomic E-state index is 0.305. The number of hydrogen-bond donors (Lipinski definition) is 2. The third kappa shape index (κ3) is 3.97. The fourth-order valence-corrected chi connectivity index (χ4v) is 0.572. The molecule has 3 heteroatoms. The lowest BCUT2D eigenvalue weighted by molar-refractivity contribution is -0.138. The normalized spacial score (nSPS) is 15.2. The zero-order valence-electron chi connectivity index (χ0n) is 6.72. The predicted octanol–water partition coefficient (Wildman–Crippen LogP) is 0.444. The number of nitrogens with two attached hydrogens (primary N) is 1. The van der Waals surface area contributed by atoms with Gasteiger partial charge in [0.05, 0.1) is 0 Å². The highest BCUT2D eigenvalue weighted by Crippen LogP contribution is 2.01. The van der Waals surface area contributed by atoms with Crippen LogP contribution in [0.2, 0.25) is 1.41 Å². The molecule has 0 spiro atoms. The molecule has 0 rings (SSSR count). The third-order valence-corrected chi connectivity index (χ3v) is 1.01. The van der Waals surface area contributed by atoms with Crippen LogP contribution in [0.5, 0.6) is 0 Å². The van der Waals surface area contributed by atoms with Gasteiger partial charge in [-0.3, -0.25) is 4.79 Å². The van der Waals surface area contributed by atoms with Gasteiger partial charge < -0.3 is 10.8 Å². The number of carbonyl (C=O) groups is 1. The summed E-state index contributed by atoms with van der Waals surface area (Å²) in [6.07, 6.45) is 0.499. The van der Waals surface area contributed by atoms with Gasteiger partial charge in [0.15, 0.2) is 0 Å². The zero-order chi connectivity index (χ0) is 8.15. The van der Waals surface area contributed by atoms with E-state index in [4.69, 9.17) is 6.52 Å². The maximum atomic E-state index is 10.3. The second kappa shape index (κ2) is 3.45. The summed E-state index contributed by atoms with van der Waals surface area (Å²) in [6.45, 7) is 3.85. The Bertz CT molecular complexity index is 116. The van der Waals surface area contributed by atoms with Gasteiger partial charge in [-0.1, -0.05) is 13.8 Å². The third-order valence-electron chi connectivity index (χ3n) is 1.01. The Morgan fingerprint density at radius 3 is 2.56 bits per heavy atom. The van der Waals surface area contributed by atoms with Crippen molar-refractivity contribution < 1.29 is 11.3 Å². The van der Waals surface area contributed by atoms with Gasteiger partial charge in [0, 0.05) is 0 Å². The predicted molar refractivity (Wildman–Crippen MR) is 35.1 cm³/mol. The maximum Gasteiger partial charge on any atom is 0.320 e. The van der Waals surface area contributed by atoms with E-state index in [1.165, 1.54) is 0 Å². The van der Waals surface area contributed by atoms with Crippen molar-refractivity contribution in [1.82, 2.24) is 0 Å². The van der Waals surface area contributed by atoms with Gasteiger partial charge in [0.2, 0.25) is 0 Å². The largest absolute Gasteiger partial charge is 0.480 e. The highest BCUT2D eigenvalue weighted by molar-refractivity contribution is 5.72. The molecule has 0 aliphatic rings. The lowest BCUT2D eigenvalue weighted by Crippen LogP contribution is -2.31. The fourth-order valence-electron chi connectivity index (χ4n) is 0.572. The summed E-state index contributed by atoms with van der Waals surface area (Å²) in [6, 6.07) is -0.722. The minimum Gasteiger partial charge on any atom is -0.480 e. The van der Waals surface area contributed by atoms with Crippen LogP contribution in [0.15, 0.2) is 0 Å². The molecule has 0 heterocycles. The summed E-state index contributed by atoms with van der Waals surface area (Å²) < 4.78 is 6.65. The van der Waals surface area contributed by atoms with E-state index < -0.39 is 12.0 Å². The van der Waals surface area contributed by atoms with Crippen molar-refractivity contribution in [3.8, 4) is 0 Å². The SMILES string of the molecule is [3H]NC(CC(C)C)C(=O)O. The van der Waals surface area contributed by atoms with Gasteiger partial charge in [-0.25, -0.2) is 0 Å². The van der Waals surface area contributed by atoms with Crippen LogP contribution in [-0.4, -0.2) is 17.1 Å². The molecule has 9 heavy (non-hydrogen) atoms.